The van der Waals surface area contributed by atoms with E-state index in [4.69, 9.17) is 20.5 Å². The molecule has 0 radical (unpaired) electrons. The average Bonchev–Trinajstić information content (AvgIpc) is 2.83. The van der Waals surface area contributed by atoms with Crippen LogP contribution in [0.5, 0.6) is 5.88 Å². The maximum absolute atomic E-state index is 13.0. The van der Waals surface area contributed by atoms with Crippen LogP contribution < -0.4 is 4.74 Å². The maximum Gasteiger partial charge on any atom is 0.269 e. The summed E-state index contributed by atoms with van der Waals surface area (Å²) in [6.45, 7) is 1.84. The molecule has 0 aliphatic heterocycles. The van der Waals surface area contributed by atoms with Gasteiger partial charge >= 0.3 is 0 Å². The number of aryl methyl sites for hydroxylation is 1. The van der Waals surface area contributed by atoms with E-state index in [2.05, 4.69) is 9.97 Å². The molecular formula is C14H11ClIN3O3S. The molecule has 3 aromatic rings. The van der Waals surface area contributed by atoms with Crippen LogP contribution in [0.25, 0.3) is 11.0 Å². The van der Waals surface area contributed by atoms with Gasteiger partial charge in [0.05, 0.1) is 21.4 Å². The van der Waals surface area contributed by atoms with Crippen LogP contribution in [-0.2, 0) is 10.0 Å². The fourth-order valence-corrected chi connectivity index (χ4v) is 4.49. The first kappa shape index (κ1) is 13.0. The van der Waals surface area contributed by atoms with Gasteiger partial charge in [-0.2, -0.15) is 9.97 Å². The molecule has 0 saturated heterocycles. The summed E-state index contributed by atoms with van der Waals surface area (Å²) in [5.74, 6) is -0.303. The largest absolute Gasteiger partial charge is 0.480 e. The van der Waals surface area contributed by atoms with Crippen molar-refractivity contribution in [3.8, 4) is 5.88 Å². The van der Waals surface area contributed by atoms with Crippen LogP contribution >= 0.6 is 34.2 Å². The third-order valence-corrected chi connectivity index (χ3v) is 5.83. The van der Waals surface area contributed by atoms with Crippen molar-refractivity contribution >= 4 is 55.2 Å². The van der Waals surface area contributed by atoms with Gasteiger partial charge in [0, 0.05) is 9.77 Å². The van der Waals surface area contributed by atoms with Crippen LogP contribution in [0.4, 0.5) is 0 Å². The lowest BCUT2D eigenvalue weighted by molar-refractivity contribution is 0.402. The summed E-state index contributed by atoms with van der Waals surface area (Å²) in [4.78, 5) is 7.81. The summed E-state index contributed by atoms with van der Waals surface area (Å²) in [5.41, 5.74) is 0.851. The third kappa shape index (κ3) is 2.79. The lowest BCUT2D eigenvalue weighted by Crippen LogP contribution is -2.12. The second-order valence-corrected chi connectivity index (χ2v) is 8.00. The molecule has 3 rings (SSSR count). The molecule has 9 heteroatoms. The molecule has 0 spiro atoms. The minimum absolute atomic E-state index is 0.0597. The highest BCUT2D eigenvalue weighted by molar-refractivity contribution is 14.1. The van der Waals surface area contributed by atoms with E-state index in [-0.39, 0.29) is 27.1 Å². The van der Waals surface area contributed by atoms with Gasteiger partial charge in [0.15, 0.2) is 5.65 Å². The second kappa shape index (κ2) is 5.91. The zero-order valence-electron chi connectivity index (χ0n) is 14.6. The summed E-state index contributed by atoms with van der Waals surface area (Å²) in [6.07, 6.45) is 1.32. The van der Waals surface area contributed by atoms with Crippen LogP contribution in [0.3, 0.4) is 0 Å². The summed E-state index contributed by atoms with van der Waals surface area (Å²) >= 11 is 7.71. The zero-order chi connectivity index (χ0) is 19.3. The molecule has 6 nitrogen and oxygen atoms in total. The van der Waals surface area contributed by atoms with Gasteiger partial charge in [-0.15, -0.1) is 0 Å². The molecule has 0 atom stereocenters. The Balaban J connectivity index is 2.27. The number of benzene rings is 1. The van der Waals surface area contributed by atoms with E-state index in [0.717, 1.165) is 9.54 Å². The lowest BCUT2D eigenvalue weighted by Gasteiger charge is -2.08. The van der Waals surface area contributed by atoms with Crippen LogP contribution in [0, 0.1) is 10.5 Å². The number of nitrogens with zero attached hydrogens (tertiary/aromatic N) is 3. The van der Waals surface area contributed by atoms with E-state index in [1.165, 1.54) is 18.3 Å². The van der Waals surface area contributed by atoms with Crippen molar-refractivity contribution in [1.82, 2.24) is 13.9 Å². The summed E-state index contributed by atoms with van der Waals surface area (Å²) in [6, 6.07) is 6.31. The topological polar surface area (TPSA) is 74.1 Å². The van der Waals surface area contributed by atoms with Crippen molar-refractivity contribution in [2.75, 3.05) is 7.04 Å². The van der Waals surface area contributed by atoms with Crippen molar-refractivity contribution in [3.05, 3.63) is 44.9 Å². The predicted octanol–water partition coefficient (Wildman–Crippen LogP) is 3.24. The van der Waals surface area contributed by atoms with Crippen LogP contribution in [0.1, 0.15) is 9.68 Å². The number of hydrogen-bond donors (Lipinski definition) is 0. The number of methoxy groups -OCH3 is 1. The van der Waals surface area contributed by atoms with Crippen molar-refractivity contribution in [1.29, 1.82) is 0 Å². The van der Waals surface area contributed by atoms with Gasteiger partial charge in [-0.25, -0.2) is 12.4 Å². The van der Waals surface area contributed by atoms with Gasteiger partial charge in [0.25, 0.3) is 10.0 Å². The smallest absolute Gasteiger partial charge is 0.269 e. The molecule has 1 aromatic carbocycles. The first-order chi connectivity index (χ1) is 12.0. The summed E-state index contributed by atoms with van der Waals surface area (Å²) < 4.78 is 53.9. The monoisotopic (exact) mass is 466 g/mol. The highest BCUT2D eigenvalue weighted by Gasteiger charge is 2.24. The maximum atomic E-state index is 13.0. The fraction of sp³-hybridized carbons (Fsp3) is 0.143. The highest BCUT2D eigenvalue weighted by Crippen LogP contribution is 2.32. The Morgan fingerprint density at radius 1 is 1.30 bits per heavy atom. The van der Waals surface area contributed by atoms with Gasteiger partial charge in [0.2, 0.25) is 11.2 Å². The van der Waals surface area contributed by atoms with Gasteiger partial charge in [-0.3, -0.25) is 0 Å². The molecule has 0 aliphatic rings. The molecule has 0 unspecified atom stereocenters. The highest BCUT2D eigenvalue weighted by atomic mass is 127. The Morgan fingerprint density at radius 2 is 2.00 bits per heavy atom. The molecule has 120 valence electrons. The molecule has 0 aliphatic carbocycles. The van der Waals surface area contributed by atoms with Crippen molar-refractivity contribution in [3.63, 3.8) is 0 Å². The number of halogens is 2. The second-order valence-electron chi connectivity index (χ2n) is 4.69. The molecule has 0 saturated carbocycles. The van der Waals surface area contributed by atoms with E-state index < -0.39 is 17.1 Å². The van der Waals surface area contributed by atoms with Crippen molar-refractivity contribution < 1.29 is 17.3 Å². The predicted molar refractivity (Wildman–Crippen MR) is 95.6 cm³/mol. The first-order valence-electron chi connectivity index (χ1n) is 7.74. The summed E-state index contributed by atoms with van der Waals surface area (Å²) in [5, 5.41) is -0.173. The Labute approximate surface area is 155 Å². The molecule has 0 fully saturated rings. The van der Waals surface area contributed by atoms with E-state index >= 15 is 0 Å². The van der Waals surface area contributed by atoms with E-state index in [1.807, 2.05) is 29.5 Å². The van der Waals surface area contributed by atoms with Crippen LogP contribution in [0.15, 0.2) is 35.4 Å². The fourth-order valence-electron chi connectivity index (χ4n) is 2.08. The van der Waals surface area contributed by atoms with Crippen molar-refractivity contribution in [2.24, 2.45) is 0 Å². The molecule has 2 heterocycles. The van der Waals surface area contributed by atoms with Gasteiger partial charge in [-0.1, -0.05) is 17.7 Å². The average molecular weight is 467 g/mol. The quantitative estimate of drug-likeness (QED) is 0.438. The number of ether oxygens (including phenoxy) is 1. The molecular weight excluding hydrogens is 453 g/mol. The Hall–Kier alpha value is -1.39. The SMILES string of the molecule is [2H]C([2H])([2H])Oc1nc(Cl)nc2c1c(I)cn2S(=O)(=O)c1ccc(C)cc1. The Kier molecular flexibility index (Phi) is 3.33. The first-order valence-corrected chi connectivity index (χ1v) is 9.14. The molecule has 0 amide bonds. The number of hydrogen-bond acceptors (Lipinski definition) is 5. The molecule has 0 bridgehead atoms. The van der Waals surface area contributed by atoms with Crippen molar-refractivity contribution in [2.45, 2.75) is 11.8 Å². The molecule has 23 heavy (non-hydrogen) atoms. The van der Waals surface area contributed by atoms with E-state index in [0.29, 0.717) is 3.57 Å². The zero-order valence-corrected chi connectivity index (χ0v) is 15.3. The van der Waals surface area contributed by atoms with E-state index in [1.54, 1.807) is 12.1 Å². The molecule has 0 N–H and O–H groups in total. The summed E-state index contributed by atoms with van der Waals surface area (Å²) in [7, 11) is -6.74. The Morgan fingerprint density at radius 3 is 2.65 bits per heavy atom. The molecule has 2 aromatic heterocycles. The Bertz CT molecular complexity index is 1100. The standard InChI is InChI=1S/C14H11ClIN3O3S/c1-8-3-5-9(6-4-8)23(20,21)19-7-10(16)11-12(19)17-14(15)18-13(11)22-2/h3-7H,1-2H3/i2D3. The van der Waals surface area contributed by atoms with Crippen LogP contribution in [-0.4, -0.2) is 29.4 Å². The third-order valence-electron chi connectivity index (χ3n) is 3.18. The normalized spacial score (nSPS) is 14.3. The van der Waals surface area contributed by atoms with Gasteiger partial charge in [0.1, 0.15) is 0 Å². The lowest BCUT2D eigenvalue weighted by atomic mass is 10.2. The minimum Gasteiger partial charge on any atom is -0.480 e. The van der Waals surface area contributed by atoms with E-state index in [9.17, 15) is 8.42 Å². The minimum atomic E-state index is -3.97. The van der Waals surface area contributed by atoms with Gasteiger partial charge < -0.3 is 4.74 Å². The number of fused-ring (bicyclic) bond motifs is 1. The van der Waals surface area contributed by atoms with Crippen LogP contribution in [0.2, 0.25) is 5.28 Å². The number of aromatic nitrogens is 3. The number of rotatable bonds is 3. The van der Waals surface area contributed by atoms with Gasteiger partial charge in [-0.05, 0) is 53.2 Å².